The van der Waals surface area contributed by atoms with Crippen LogP contribution in [0.1, 0.15) is 22.3 Å². The molecule has 2 heterocycles. The van der Waals surface area contributed by atoms with Gasteiger partial charge in [-0.1, -0.05) is 0 Å². The molecule has 1 aromatic heterocycles. The first-order valence-electron chi connectivity index (χ1n) is 8.41. The van der Waals surface area contributed by atoms with E-state index >= 15 is 0 Å². The molecular formula is C19H23N3O3. The first kappa shape index (κ1) is 17.2. The molecule has 3 rings (SSSR count). The second kappa shape index (κ2) is 7.98. The zero-order valence-corrected chi connectivity index (χ0v) is 14.6. The quantitative estimate of drug-likeness (QED) is 0.819. The van der Waals surface area contributed by atoms with E-state index in [1.807, 2.05) is 12.1 Å². The summed E-state index contributed by atoms with van der Waals surface area (Å²) in [7, 11) is 3.69. The van der Waals surface area contributed by atoms with E-state index in [0.717, 1.165) is 25.1 Å². The average Bonchev–Trinajstić information content (AvgIpc) is 2.62. The molecule has 132 valence electrons. The van der Waals surface area contributed by atoms with E-state index in [2.05, 4.69) is 28.3 Å². The summed E-state index contributed by atoms with van der Waals surface area (Å²) in [4.78, 5) is 19.0. The van der Waals surface area contributed by atoms with Crippen LogP contribution in [0.15, 0.2) is 36.5 Å². The number of methoxy groups -OCH3 is 1. The van der Waals surface area contributed by atoms with Crippen molar-refractivity contribution in [2.45, 2.75) is 12.8 Å². The van der Waals surface area contributed by atoms with Crippen molar-refractivity contribution in [2.24, 2.45) is 0 Å². The molecular weight excluding hydrogens is 318 g/mol. The molecule has 0 atom stereocenters. The van der Waals surface area contributed by atoms with Crippen LogP contribution < -0.4 is 15.0 Å². The first-order valence-corrected chi connectivity index (χ1v) is 8.41. The maximum Gasteiger partial charge on any atom is 0.261 e. The molecule has 1 amide bonds. The molecule has 1 aliphatic heterocycles. The summed E-state index contributed by atoms with van der Waals surface area (Å²) in [5.41, 5.74) is 3.68. The highest BCUT2D eigenvalue weighted by molar-refractivity contribution is 6.05. The number of amides is 1. The number of aromatic nitrogens is 1. The lowest BCUT2D eigenvalue weighted by atomic mass is 10.0. The Morgan fingerprint density at radius 3 is 3.04 bits per heavy atom. The van der Waals surface area contributed by atoms with Crippen LogP contribution in [0.5, 0.6) is 5.88 Å². The van der Waals surface area contributed by atoms with Crippen LogP contribution >= 0.6 is 0 Å². The van der Waals surface area contributed by atoms with Gasteiger partial charge in [-0.25, -0.2) is 4.98 Å². The van der Waals surface area contributed by atoms with Crippen LogP contribution in [0.3, 0.4) is 0 Å². The molecule has 2 aromatic rings. The number of hydrogen-bond acceptors (Lipinski definition) is 5. The first-order chi connectivity index (χ1) is 12.2. The third-order valence-electron chi connectivity index (χ3n) is 4.23. The molecule has 1 aliphatic rings. The number of anilines is 2. The Bertz CT molecular complexity index is 748. The third kappa shape index (κ3) is 4.09. The van der Waals surface area contributed by atoms with Gasteiger partial charge >= 0.3 is 0 Å². The maximum atomic E-state index is 12.6. The lowest BCUT2D eigenvalue weighted by Crippen LogP contribution is -2.24. The summed E-state index contributed by atoms with van der Waals surface area (Å²) in [6.45, 7) is 1.85. The van der Waals surface area contributed by atoms with Gasteiger partial charge in [-0.15, -0.1) is 0 Å². The molecule has 0 bridgehead atoms. The summed E-state index contributed by atoms with van der Waals surface area (Å²) in [6, 6.07) is 9.46. The number of nitrogens with zero attached hydrogens (tertiary/aromatic N) is 2. The van der Waals surface area contributed by atoms with E-state index < -0.39 is 0 Å². The molecule has 0 saturated carbocycles. The number of fused-ring (bicyclic) bond motifs is 1. The SMILES string of the molecule is COCCOc1ncccc1C(=O)Nc1ccc2c(c1)CCCN2C. The standard InChI is InChI=1S/C19H23N3O3/c1-22-10-4-5-14-13-15(7-8-17(14)22)21-18(23)16-6-3-9-20-19(16)25-12-11-24-2/h3,6-9,13H,4-5,10-12H2,1-2H3,(H,21,23). The van der Waals surface area contributed by atoms with Gasteiger partial charge in [0.25, 0.3) is 5.91 Å². The predicted octanol–water partition coefficient (Wildman–Crippen LogP) is 2.74. The molecule has 25 heavy (non-hydrogen) atoms. The third-order valence-corrected chi connectivity index (χ3v) is 4.23. The number of carbonyl (C=O) groups is 1. The van der Waals surface area contributed by atoms with Gasteiger partial charge in [-0.3, -0.25) is 4.79 Å². The Balaban J connectivity index is 1.74. The van der Waals surface area contributed by atoms with Gasteiger partial charge in [-0.05, 0) is 48.7 Å². The zero-order valence-electron chi connectivity index (χ0n) is 14.6. The van der Waals surface area contributed by atoms with E-state index in [4.69, 9.17) is 9.47 Å². The number of carbonyl (C=O) groups excluding carboxylic acids is 1. The zero-order chi connectivity index (χ0) is 17.6. The Morgan fingerprint density at radius 1 is 1.32 bits per heavy atom. The van der Waals surface area contributed by atoms with E-state index in [1.165, 1.54) is 11.3 Å². The summed E-state index contributed by atoms with van der Waals surface area (Å²) in [5.74, 6) is 0.0828. The number of rotatable bonds is 6. The molecule has 6 heteroatoms. The van der Waals surface area contributed by atoms with Gasteiger partial charge in [0.2, 0.25) is 5.88 Å². The van der Waals surface area contributed by atoms with Crippen molar-refractivity contribution in [1.29, 1.82) is 0 Å². The number of ether oxygens (including phenoxy) is 2. The van der Waals surface area contributed by atoms with Gasteiger partial charge in [0.1, 0.15) is 12.2 Å². The van der Waals surface area contributed by atoms with Crippen molar-refractivity contribution in [1.82, 2.24) is 4.98 Å². The van der Waals surface area contributed by atoms with Crippen molar-refractivity contribution >= 4 is 17.3 Å². The van der Waals surface area contributed by atoms with Crippen molar-refractivity contribution in [3.05, 3.63) is 47.7 Å². The van der Waals surface area contributed by atoms with Gasteiger partial charge in [0, 0.05) is 38.3 Å². The number of pyridine rings is 1. The molecule has 0 saturated heterocycles. The Morgan fingerprint density at radius 2 is 2.20 bits per heavy atom. The monoisotopic (exact) mass is 341 g/mol. The fraction of sp³-hybridized carbons (Fsp3) is 0.368. The fourth-order valence-corrected chi connectivity index (χ4v) is 2.96. The molecule has 0 spiro atoms. The van der Waals surface area contributed by atoms with E-state index in [-0.39, 0.29) is 5.91 Å². The van der Waals surface area contributed by atoms with Crippen LogP contribution in [0, 0.1) is 0 Å². The summed E-state index contributed by atoms with van der Waals surface area (Å²) in [6.07, 6.45) is 3.76. The minimum Gasteiger partial charge on any atom is -0.475 e. The normalized spacial score (nSPS) is 13.3. The molecule has 1 aromatic carbocycles. The van der Waals surface area contributed by atoms with Crippen LogP contribution in [0.4, 0.5) is 11.4 Å². The maximum absolute atomic E-state index is 12.6. The number of nitrogens with one attached hydrogen (secondary N) is 1. The van der Waals surface area contributed by atoms with Crippen molar-refractivity contribution < 1.29 is 14.3 Å². The molecule has 1 N–H and O–H groups in total. The average molecular weight is 341 g/mol. The summed E-state index contributed by atoms with van der Waals surface area (Å²) in [5, 5.41) is 2.95. The number of aryl methyl sites for hydroxylation is 1. The minimum absolute atomic E-state index is 0.232. The Hall–Kier alpha value is -2.60. The second-order valence-corrected chi connectivity index (χ2v) is 6.02. The van der Waals surface area contributed by atoms with E-state index in [9.17, 15) is 4.79 Å². The molecule has 0 radical (unpaired) electrons. The molecule has 0 unspecified atom stereocenters. The lowest BCUT2D eigenvalue weighted by Gasteiger charge is -2.27. The highest BCUT2D eigenvalue weighted by Crippen LogP contribution is 2.29. The Kier molecular flexibility index (Phi) is 5.50. The van der Waals surface area contributed by atoms with Crippen molar-refractivity contribution in [3.63, 3.8) is 0 Å². The molecule has 6 nitrogen and oxygen atoms in total. The highest BCUT2D eigenvalue weighted by atomic mass is 16.5. The van der Waals surface area contributed by atoms with E-state index in [1.54, 1.807) is 25.4 Å². The van der Waals surface area contributed by atoms with Crippen LogP contribution in [-0.2, 0) is 11.2 Å². The number of benzene rings is 1. The number of hydrogen-bond donors (Lipinski definition) is 1. The van der Waals surface area contributed by atoms with Crippen LogP contribution in [0.25, 0.3) is 0 Å². The predicted molar refractivity (Wildman–Crippen MR) is 97.6 cm³/mol. The minimum atomic E-state index is -0.232. The highest BCUT2D eigenvalue weighted by Gasteiger charge is 2.17. The second-order valence-electron chi connectivity index (χ2n) is 6.02. The van der Waals surface area contributed by atoms with Gasteiger partial charge in [0.05, 0.1) is 6.61 Å². The van der Waals surface area contributed by atoms with Gasteiger partial charge in [0.15, 0.2) is 0 Å². The Labute approximate surface area is 147 Å². The van der Waals surface area contributed by atoms with E-state index in [0.29, 0.717) is 24.7 Å². The smallest absolute Gasteiger partial charge is 0.261 e. The van der Waals surface area contributed by atoms with Crippen molar-refractivity contribution in [3.8, 4) is 5.88 Å². The lowest BCUT2D eigenvalue weighted by molar-refractivity contribution is 0.101. The van der Waals surface area contributed by atoms with Gasteiger partial charge in [-0.2, -0.15) is 0 Å². The molecule has 0 aliphatic carbocycles. The fourth-order valence-electron chi connectivity index (χ4n) is 2.96. The summed E-state index contributed by atoms with van der Waals surface area (Å²) < 4.78 is 10.5. The van der Waals surface area contributed by atoms with Crippen LogP contribution in [-0.4, -0.2) is 44.8 Å². The largest absolute Gasteiger partial charge is 0.475 e. The topological polar surface area (TPSA) is 63.7 Å². The van der Waals surface area contributed by atoms with Crippen molar-refractivity contribution in [2.75, 3.05) is 44.1 Å². The molecule has 0 fully saturated rings. The van der Waals surface area contributed by atoms with Gasteiger partial charge < -0.3 is 19.7 Å². The summed E-state index contributed by atoms with van der Waals surface area (Å²) >= 11 is 0. The van der Waals surface area contributed by atoms with Crippen LogP contribution in [0.2, 0.25) is 0 Å².